The first kappa shape index (κ1) is 25.7. The maximum absolute atomic E-state index is 12.4. The number of hydrogen-bond acceptors (Lipinski definition) is 10. The summed E-state index contributed by atoms with van der Waals surface area (Å²) in [6.45, 7) is 2.44. The lowest BCUT2D eigenvalue weighted by Crippen LogP contribution is -2.67. The van der Waals surface area contributed by atoms with E-state index in [1.807, 2.05) is 0 Å². The van der Waals surface area contributed by atoms with E-state index in [0.29, 0.717) is 0 Å². The number of thioether (sulfide) groups is 1. The maximum atomic E-state index is 12.4. The number of aliphatic hydroxyl groups is 2. The van der Waals surface area contributed by atoms with Crippen molar-refractivity contribution in [3.8, 4) is 0 Å². The molecule has 1 unspecified atom stereocenters. The molecule has 2 rings (SSSR count). The van der Waals surface area contributed by atoms with Crippen molar-refractivity contribution in [2.45, 2.75) is 49.4 Å². The average Bonchev–Trinajstić information content (AvgIpc) is 2.97. The van der Waals surface area contributed by atoms with Gasteiger partial charge < -0.3 is 29.7 Å². The van der Waals surface area contributed by atoms with Crippen molar-refractivity contribution in [2.75, 3.05) is 45.8 Å². The molecule has 176 valence electrons. The molecule has 0 aromatic rings. The Balaban J connectivity index is 1.89. The van der Waals surface area contributed by atoms with Crippen LogP contribution < -0.4 is 5.32 Å². The largest absolute Gasteiger partial charge is 0.388 e. The molecule has 11 nitrogen and oxygen atoms in total. The van der Waals surface area contributed by atoms with Gasteiger partial charge in [0, 0.05) is 20.5 Å². The Hall–Kier alpha value is -1.57. The Labute approximate surface area is 184 Å². The molecule has 2 aliphatic rings. The number of hydrogen-bond donors (Lipinski definition) is 3. The van der Waals surface area contributed by atoms with Gasteiger partial charge in [-0.15, -0.1) is 11.8 Å². The van der Waals surface area contributed by atoms with Crippen LogP contribution in [-0.4, -0.2) is 114 Å². The summed E-state index contributed by atoms with van der Waals surface area (Å²) in [5.41, 5.74) is -1.37. The number of ether oxygens (including phenoxy) is 3. The Kier molecular flexibility index (Phi) is 9.40. The molecule has 3 amide bonds. The van der Waals surface area contributed by atoms with Crippen molar-refractivity contribution in [3.63, 3.8) is 0 Å². The molecule has 2 fully saturated rings. The molecule has 0 bridgehead atoms. The number of carbonyl (C=O) groups excluding carboxylic acids is 4. The van der Waals surface area contributed by atoms with Crippen LogP contribution in [0.15, 0.2) is 0 Å². The number of imide groups is 1. The molecule has 31 heavy (non-hydrogen) atoms. The summed E-state index contributed by atoms with van der Waals surface area (Å²) in [5.74, 6) is -0.942. The summed E-state index contributed by atoms with van der Waals surface area (Å²) in [4.78, 5) is 47.9. The number of aliphatic hydroxyl groups excluding tert-OH is 2. The van der Waals surface area contributed by atoms with Crippen LogP contribution in [0, 0.1) is 0 Å². The zero-order valence-corrected chi connectivity index (χ0v) is 18.7. The molecule has 2 aliphatic heterocycles. The number of rotatable bonds is 11. The molecule has 12 heteroatoms. The molecule has 0 radical (unpaired) electrons. The molecular formula is C19H30N2O9S. The predicted octanol–water partition coefficient (Wildman–Crippen LogP) is -1.91. The zero-order valence-electron chi connectivity index (χ0n) is 17.9. The molecule has 0 saturated carbocycles. The molecule has 0 aliphatic carbocycles. The van der Waals surface area contributed by atoms with Gasteiger partial charge in [-0.3, -0.25) is 24.1 Å². The van der Waals surface area contributed by atoms with Crippen LogP contribution >= 0.6 is 11.8 Å². The van der Waals surface area contributed by atoms with Gasteiger partial charge in [-0.1, -0.05) is 0 Å². The number of amides is 3. The van der Waals surface area contributed by atoms with E-state index in [4.69, 9.17) is 14.2 Å². The number of likely N-dealkylation sites (tertiary alicyclic amines) is 1. The second-order valence-electron chi connectivity index (χ2n) is 7.69. The van der Waals surface area contributed by atoms with Gasteiger partial charge in [-0.2, -0.15) is 0 Å². The maximum Gasteiger partial charge on any atom is 0.242 e. The first-order chi connectivity index (χ1) is 14.6. The van der Waals surface area contributed by atoms with Gasteiger partial charge >= 0.3 is 0 Å². The van der Waals surface area contributed by atoms with Gasteiger partial charge in [-0.05, 0) is 6.92 Å². The number of nitrogens with zero attached hydrogens (tertiary/aromatic N) is 1. The molecule has 0 aromatic carbocycles. The third-order valence-corrected chi connectivity index (χ3v) is 6.44. The third kappa shape index (κ3) is 6.46. The number of ketones is 1. The highest BCUT2D eigenvalue weighted by Crippen LogP contribution is 2.28. The van der Waals surface area contributed by atoms with Crippen molar-refractivity contribution in [3.05, 3.63) is 0 Å². The highest BCUT2D eigenvalue weighted by atomic mass is 32.2. The second kappa shape index (κ2) is 11.3. The molecule has 2 saturated heterocycles. The summed E-state index contributed by atoms with van der Waals surface area (Å²) in [6.07, 6.45) is -2.65. The van der Waals surface area contributed by atoms with Crippen molar-refractivity contribution in [1.82, 2.24) is 10.2 Å². The molecular weight excluding hydrogens is 432 g/mol. The summed E-state index contributed by atoms with van der Waals surface area (Å²) in [5, 5.41) is 22.9. The molecule has 5 atom stereocenters. The van der Waals surface area contributed by atoms with E-state index in [-0.39, 0.29) is 68.7 Å². The van der Waals surface area contributed by atoms with Gasteiger partial charge in [-0.25, -0.2) is 0 Å². The third-order valence-electron chi connectivity index (χ3n) is 5.10. The zero-order chi connectivity index (χ0) is 23.2. The van der Waals surface area contributed by atoms with E-state index in [1.54, 1.807) is 0 Å². The minimum atomic E-state index is -1.40. The number of Topliss-reactive ketones (excluding diaryl/α,β-unsaturated/α-hetero) is 1. The van der Waals surface area contributed by atoms with Crippen LogP contribution in [0.3, 0.4) is 0 Å². The summed E-state index contributed by atoms with van der Waals surface area (Å²) >= 11 is 1.15. The van der Waals surface area contributed by atoms with E-state index < -0.39 is 29.1 Å². The fraction of sp³-hybridized carbons (Fsp3) is 0.789. The molecule has 0 aromatic heterocycles. The van der Waals surface area contributed by atoms with Crippen molar-refractivity contribution in [2.24, 2.45) is 0 Å². The van der Waals surface area contributed by atoms with Gasteiger partial charge in [0.25, 0.3) is 0 Å². The van der Waals surface area contributed by atoms with Gasteiger partial charge in [0.05, 0.1) is 50.0 Å². The van der Waals surface area contributed by atoms with Crippen LogP contribution in [-0.2, 0) is 33.4 Å². The summed E-state index contributed by atoms with van der Waals surface area (Å²) < 4.78 is 16.4. The summed E-state index contributed by atoms with van der Waals surface area (Å²) in [6, 6.07) is -0.776. The Morgan fingerprint density at radius 3 is 2.61 bits per heavy atom. The summed E-state index contributed by atoms with van der Waals surface area (Å²) in [7, 11) is 1.41. The SMILES string of the molecule is COC[C@]1(COCCN2C(=O)CC(SCC(C)=O)C2=O)OC[C@@H](NC(C)=O)[C@@H](O)[C@H]1O. The van der Waals surface area contributed by atoms with Crippen molar-refractivity contribution in [1.29, 1.82) is 0 Å². The first-order valence-electron chi connectivity index (χ1n) is 9.90. The Morgan fingerprint density at radius 1 is 1.29 bits per heavy atom. The topological polar surface area (TPSA) is 152 Å². The number of methoxy groups -OCH3 is 1. The van der Waals surface area contributed by atoms with E-state index >= 15 is 0 Å². The molecule has 3 N–H and O–H groups in total. The standard InChI is InChI=1S/C19H30N2O9S/c1-11(22)8-31-14-6-15(24)21(18(14)27)4-5-29-10-19(9-28-3)17(26)16(25)13(7-30-19)20-12(2)23/h13-14,16-17,25-26H,4-10H2,1-3H3,(H,20,23)/t13-,14?,16-,17-,19-/m1/s1. The van der Waals surface area contributed by atoms with E-state index in [2.05, 4.69) is 5.32 Å². The smallest absolute Gasteiger partial charge is 0.242 e. The fourth-order valence-electron chi connectivity index (χ4n) is 3.54. The molecule has 2 heterocycles. The van der Waals surface area contributed by atoms with E-state index in [1.165, 1.54) is 21.0 Å². The number of carbonyl (C=O) groups is 4. The quantitative estimate of drug-likeness (QED) is 0.234. The van der Waals surface area contributed by atoms with Gasteiger partial charge in [0.15, 0.2) is 0 Å². The van der Waals surface area contributed by atoms with Gasteiger partial charge in [0.1, 0.15) is 23.6 Å². The van der Waals surface area contributed by atoms with E-state index in [9.17, 15) is 29.4 Å². The van der Waals surface area contributed by atoms with Crippen molar-refractivity contribution < 1.29 is 43.6 Å². The van der Waals surface area contributed by atoms with Crippen LogP contribution in [0.25, 0.3) is 0 Å². The van der Waals surface area contributed by atoms with E-state index in [0.717, 1.165) is 16.7 Å². The predicted molar refractivity (Wildman–Crippen MR) is 109 cm³/mol. The highest BCUT2D eigenvalue weighted by molar-refractivity contribution is 8.01. The Morgan fingerprint density at radius 2 is 2.00 bits per heavy atom. The van der Waals surface area contributed by atoms with Crippen LogP contribution in [0.1, 0.15) is 20.3 Å². The van der Waals surface area contributed by atoms with Gasteiger partial charge in [0.2, 0.25) is 17.7 Å². The lowest BCUT2D eigenvalue weighted by atomic mass is 9.87. The second-order valence-corrected chi connectivity index (χ2v) is 8.88. The monoisotopic (exact) mass is 462 g/mol. The van der Waals surface area contributed by atoms with Crippen molar-refractivity contribution >= 4 is 35.3 Å². The highest BCUT2D eigenvalue weighted by Gasteiger charge is 2.50. The van der Waals surface area contributed by atoms with Crippen LogP contribution in [0.2, 0.25) is 0 Å². The Bertz CT molecular complexity index is 691. The minimum absolute atomic E-state index is 0.00562. The fourth-order valence-corrected chi connectivity index (χ4v) is 4.50. The van der Waals surface area contributed by atoms with Crippen LogP contribution in [0.5, 0.6) is 0 Å². The number of nitrogens with one attached hydrogen (secondary N) is 1. The molecule has 0 spiro atoms. The minimum Gasteiger partial charge on any atom is -0.388 e. The lowest BCUT2D eigenvalue weighted by Gasteiger charge is -2.46. The van der Waals surface area contributed by atoms with Crippen LogP contribution in [0.4, 0.5) is 0 Å². The average molecular weight is 463 g/mol. The normalized spacial score (nSPS) is 31.2. The lowest BCUT2D eigenvalue weighted by molar-refractivity contribution is -0.243. The first-order valence-corrected chi connectivity index (χ1v) is 10.9.